The maximum Gasteiger partial charge on any atom is 0.178 e. The first-order chi connectivity index (χ1) is 13.2. The highest BCUT2D eigenvalue weighted by Crippen LogP contribution is 2.22. The predicted octanol–water partition coefficient (Wildman–Crippen LogP) is 3.66. The van der Waals surface area contributed by atoms with E-state index in [0.29, 0.717) is 12.2 Å². The molecule has 0 spiro atoms. The van der Waals surface area contributed by atoms with E-state index in [1.807, 2.05) is 40.5 Å². The molecule has 0 unspecified atom stereocenters. The van der Waals surface area contributed by atoms with Gasteiger partial charge in [0.2, 0.25) is 0 Å². The average molecular weight is 358 g/mol. The van der Waals surface area contributed by atoms with Crippen molar-refractivity contribution < 1.29 is 4.39 Å². The number of aromatic nitrogens is 6. The first-order valence-electron chi connectivity index (χ1n) is 8.55. The number of halogens is 1. The zero-order valence-corrected chi connectivity index (χ0v) is 14.5. The fourth-order valence-electron chi connectivity index (χ4n) is 3.33. The molecule has 5 rings (SSSR count). The highest BCUT2D eigenvalue weighted by atomic mass is 19.1. The van der Waals surface area contributed by atoms with Crippen LogP contribution in [0.5, 0.6) is 0 Å². The minimum Gasteiger partial charge on any atom is -0.322 e. The molecular formula is C20H15FN6. The van der Waals surface area contributed by atoms with E-state index in [1.54, 1.807) is 24.7 Å². The summed E-state index contributed by atoms with van der Waals surface area (Å²) in [6.45, 7) is 2.45. The molecule has 0 amide bonds. The van der Waals surface area contributed by atoms with Gasteiger partial charge in [-0.1, -0.05) is 12.1 Å². The van der Waals surface area contributed by atoms with Gasteiger partial charge in [-0.05, 0) is 36.8 Å². The molecule has 6 nitrogen and oxygen atoms in total. The Morgan fingerprint density at radius 3 is 2.81 bits per heavy atom. The maximum atomic E-state index is 13.6. The van der Waals surface area contributed by atoms with Crippen LogP contribution >= 0.6 is 0 Å². The molecule has 0 saturated carbocycles. The van der Waals surface area contributed by atoms with Gasteiger partial charge < -0.3 is 4.57 Å². The highest BCUT2D eigenvalue weighted by Gasteiger charge is 2.12. The van der Waals surface area contributed by atoms with Crippen molar-refractivity contribution in [2.75, 3.05) is 0 Å². The summed E-state index contributed by atoms with van der Waals surface area (Å²) in [4.78, 5) is 17.8. The summed E-state index contributed by atoms with van der Waals surface area (Å²) in [6, 6.07) is 10.5. The van der Waals surface area contributed by atoms with E-state index in [9.17, 15) is 4.39 Å². The van der Waals surface area contributed by atoms with Gasteiger partial charge in [0, 0.05) is 25.1 Å². The number of aryl methyl sites for hydroxylation is 1. The van der Waals surface area contributed by atoms with Crippen LogP contribution in [0.3, 0.4) is 0 Å². The molecule has 0 aliphatic carbocycles. The molecule has 7 heteroatoms. The zero-order valence-electron chi connectivity index (χ0n) is 14.5. The number of fused-ring (bicyclic) bond motifs is 2. The maximum absolute atomic E-state index is 13.6. The fraction of sp³-hybridized carbons (Fsp3) is 0.100. The van der Waals surface area contributed by atoms with Gasteiger partial charge in [-0.2, -0.15) is 0 Å². The van der Waals surface area contributed by atoms with Gasteiger partial charge in [-0.15, -0.1) is 0 Å². The molecule has 0 aliphatic heterocycles. The van der Waals surface area contributed by atoms with Crippen molar-refractivity contribution >= 4 is 22.3 Å². The molecule has 1 aromatic carbocycles. The number of nitrogens with zero attached hydrogens (tertiary/aromatic N) is 6. The van der Waals surface area contributed by atoms with Gasteiger partial charge in [0.15, 0.2) is 11.3 Å². The number of imidazole rings is 1. The van der Waals surface area contributed by atoms with Gasteiger partial charge in [-0.3, -0.25) is 9.55 Å². The van der Waals surface area contributed by atoms with Crippen LogP contribution in [-0.2, 0) is 6.54 Å². The molecule has 4 aromatic heterocycles. The summed E-state index contributed by atoms with van der Waals surface area (Å²) in [5, 5.41) is 0. The van der Waals surface area contributed by atoms with Crippen molar-refractivity contribution in [3.63, 3.8) is 0 Å². The Morgan fingerprint density at radius 1 is 1.04 bits per heavy atom. The number of benzene rings is 1. The topological polar surface area (TPSA) is 61.4 Å². The largest absolute Gasteiger partial charge is 0.322 e. The normalized spacial score (nSPS) is 11.5. The molecule has 0 atom stereocenters. The van der Waals surface area contributed by atoms with E-state index in [0.717, 1.165) is 33.8 Å². The van der Waals surface area contributed by atoms with E-state index in [2.05, 4.69) is 19.9 Å². The average Bonchev–Trinajstić information content (AvgIpc) is 3.23. The minimum atomic E-state index is -0.245. The number of hydrogen-bond acceptors (Lipinski definition) is 4. The van der Waals surface area contributed by atoms with Gasteiger partial charge >= 0.3 is 0 Å². The lowest BCUT2D eigenvalue weighted by atomic mass is 10.2. The molecule has 0 saturated heterocycles. The van der Waals surface area contributed by atoms with Gasteiger partial charge in [0.05, 0.1) is 17.4 Å². The van der Waals surface area contributed by atoms with E-state index in [-0.39, 0.29) is 5.82 Å². The van der Waals surface area contributed by atoms with Crippen LogP contribution in [0.1, 0.15) is 11.4 Å². The molecule has 4 heterocycles. The van der Waals surface area contributed by atoms with Crippen molar-refractivity contribution in [2.45, 2.75) is 13.5 Å². The van der Waals surface area contributed by atoms with Crippen LogP contribution in [0.2, 0.25) is 0 Å². The van der Waals surface area contributed by atoms with Gasteiger partial charge in [-0.25, -0.2) is 19.3 Å². The smallest absolute Gasteiger partial charge is 0.178 e. The number of rotatable bonds is 3. The Labute approximate surface area is 154 Å². The Morgan fingerprint density at radius 2 is 1.93 bits per heavy atom. The summed E-state index contributed by atoms with van der Waals surface area (Å²) in [5.74, 6) is 0.585. The zero-order chi connectivity index (χ0) is 18.4. The summed E-state index contributed by atoms with van der Waals surface area (Å²) in [5.41, 5.74) is 4.89. The monoisotopic (exact) mass is 358 g/mol. The van der Waals surface area contributed by atoms with Gasteiger partial charge in [0.25, 0.3) is 0 Å². The quantitative estimate of drug-likeness (QED) is 0.494. The Balaban J connectivity index is 1.65. The van der Waals surface area contributed by atoms with Crippen LogP contribution in [-0.4, -0.2) is 29.1 Å². The van der Waals surface area contributed by atoms with Crippen molar-refractivity contribution in [3.8, 4) is 5.69 Å². The Kier molecular flexibility index (Phi) is 3.46. The second-order valence-electron chi connectivity index (χ2n) is 6.36. The van der Waals surface area contributed by atoms with Crippen molar-refractivity contribution in [3.05, 3.63) is 78.4 Å². The molecule has 0 N–H and O–H groups in total. The molecule has 0 fully saturated rings. The van der Waals surface area contributed by atoms with Crippen LogP contribution in [0.4, 0.5) is 4.39 Å². The molecule has 5 aromatic rings. The molecular weight excluding hydrogens is 343 g/mol. The lowest BCUT2D eigenvalue weighted by Crippen LogP contribution is -2.03. The van der Waals surface area contributed by atoms with Gasteiger partial charge in [0.1, 0.15) is 17.2 Å². The lowest BCUT2D eigenvalue weighted by Gasteiger charge is -2.09. The van der Waals surface area contributed by atoms with E-state index in [4.69, 9.17) is 0 Å². The SMILES string of the molecule is Cc1nc2ncc(-n3ccc4nccnc43)cc2n1Cc1cccc(F)c1. The van der Waals surface area contributed by atoms with Crippen LogP contribution in [0, 0.1) is 12.7 Å². The third-order valence-electron chi connectivity index (χ3n) is 4.61. The summed E-state index contributed by atoms with van der Waals surface area (Å²) in [7, 11) is 0. The summed E-state index contributed by atoms with van der Waals surface area (Å²) in [6.07, 6.45) is 7.04. The highest BCUT2D eigenvalue weighted by molar-refractivity contribution is 5.77. The number of pyridine rings is 1. The van der Waals surface area contributed by atoms with E-state index < -0.39 is 0 Å². The Hall–Kier alpha value is -3.61. The first-order valence-corrected chi connectivity index (χ1v) is 8.55. The standard InChI is InChI=1S/C20H15FN6/c1-13-25-19-18(27(13)12-14-3-2-4-15(21)9-14)10-16(11-24-19)26-8-5-17-20(26)23-7-6-22-17/h2-11H,12H2,1H3. The minimum absolute atomic E-state index is 0.245. The van der Waals surface area contributed by atoms with Crippen molar-refractivity contribution in [2.24, 2.45) is 0 Å². The first kappa shape index (κ1) is 15.6. The molecule has 0 aliphatic rings. The molecule has 27 heavy (non-hydrogen) atoms. The van der Waals surface area contributed by atoms with Crippen LogP contribution < -0.4 is 0 Å². The predicted molar refractivity (Wildman–Crippen MR) is 100 cm³/mol. The van der Waals surface area contributed by atoms with Crippen molar-refractivity contribution in [1.29, 1.82) is 0 Å². The van der Waals surface area contributed by atoms with E-state index in [1.165, 1.54) is 12.1 Å². The van der Waals surface area contributed by atoms with Crippen LogP contribution in [0.15, 0.2) is 61.2 Å². The number of hydrogen-bond donors (Lipinski definition) is 0. The second kappa shape index (κ2) is 5.98. The third-order valence-corrected chi connectivity index (χ3v) is 4.61. The third kappa shape index (κ3) is 2.64. The second-order valence-corrected chi connectivity index (χ2v) is 6.36. The fourth-order valence-corrected chi connectivity index (χ4v) is 3.33. The Bertz CT molecular complexity index is 1290. The molecule has 0 bridgehead atoms. The molecule has 132 valence electrons. The molecule has 0 radical (unpaired) electrons. The summed E-state index contributed by atoms with van der Waals surface area (Å²) < 4.78 is 17.5. The van der Waals surface area contributed by atoms with Crippen LogP contribution in [0.25, 0.3) is 28.0 Å². The lowest BCUT2D eigenvalue weighted by molar-refractivity contribution is 0.623. The van der Waals surface area contributed by atoms with Crippen molar-refractivity contribution in [1.82, 2.24) is 29.1 Å². The van der Waals surface area contributed by atoms with E-state index >= 15 is 0 Å². The summed E-state index contributed by atoms with van der Waals surface area (Å²) >= 11 is 0.